The van der Waals surface area contributed by atoms with Gasteiger partial charge in [0.2, 0.25) is 11.8 Å². The summed E-state index contributed by atoms with van der Waals surface area (Å²) >= 11 is 0. The molecular weight excluding hydrogens is 324 g/mol. The second-order valence-electron chi connectivity index (χ2n) is 9.00. The highest BCUT2D eigenvalue weighted by atomic mass is 16.2. The Morgan fingerprint density at radius 1 is 1.00 bits per heavy atom. The van der Waals surface area contributed by atoms with Crippen LogP contribution in [0.2, 0.25) is 0 Å². The van der Waals surface area contributed by atoms with Gasteiger partial charge < -0.3 is 0 Å². The summed E-state index contributed by atoms with van der Waals surface area (Å²) < 4.78 is 0. The van der Waals surface area contributed by atoms with E-state index in [-0.39, 0.29) is 23.1 Å². The first-order chi connectivity index (χ1) is 12.6. The molecule has 0 heterocycles. The average molecular weight is 354 g/mol. The first-order valence-electron chi connectivity index (χ1n) is 10.2. The molecule has 4 aliphatic rings. The van der Waals surface area contributed by atoms with Gasteiger partial charge in [-0.15, -0.1) is 0 Å². The lowest BCUT2D eigenvalue weighted by Gasteiger charge is -2.56. The van der Waals surface area contributed by atoms with Crippen molar-refractivity contribution in [3.8, 4) is 0 Å². The molecule has 1 aromatic carbocycles. The van der Waals surface area contributed by atoms with Crippen LogP contribution in [0.15, 0.2) is 30.3 Å². The highest BCUT2D eigenvalue weighted by Gasteiger charge is 2.51. The van der Waals surface area contributed by atoms with Gasteiger partial charge in [-0.05, 0) is 73.7 Å². The third-order valence-electron chi connectivity index (χ3n) is 6.95. The number of amides is 2. The second-order valence-corrected chi connectivity index (χ2v) is 9.00. The predicted molar refractivity (Wildman–Crippen MR) is 101 cm³/mol. The van der Waals surface area contributed by atoms with E-state index in [1.807, 2.05) is 37.3 Å². The zero-order valence-corrected chi connectivity index (χ0v) is 15.7. The van der Waals surface area contributed by atoms with Gasteiger partial charge in [-0.3, -0.25) is 20.4 Å². The molecule has 140 valence electrons. The molecule has 4 fully saturated rings. The van der Waals surface area contributed by atoms with Crippen LogP contribution in [0.4, 0.5) is 0 Å². The van der Waals surface area contributed by atoms with Crippen molar-refractivity contribution in [2.24, 2.45) is 23.2 Å². The summed E-state index contributed by atoms with van der Waals surface area (Å²) in [5, 5.41) is 0. The lowest BCUT2D eigenvalue weighted by molar-refractivity contribution is -0.134. The van der Waals surface area contributed by atoms with E-state index in [1.54, 1.807) is 0 Å². The number of hydrogen-bond donors (Lipinski definition) is 2. The van der Waals surface area contributed by atoms with Crippen molar-refractivity contribution in [2.75, 3.05) is 0 Å². The molecule has 26 heavy (non-hydrogen) atoms. The molecule has 0 aliphatic heterocycles. The van der Waals surface area contributed by atoms with Gasteiger partial charge in [0.1, 0.15) is 0 Å². The number of hydrazine groups is 1. The van der Waals surface area contributed by atoms with Crippen molar-refractivity contribution >= 4 is 11.8 Å². The van der Waals surface area contributed by atoms with Gasteiger partial charge in [0.15, 0.2) is 0 Å². The van der Waals surface area contributed by atoms with Gasteiger partial charge in [0.25, 0.3) is 0 Å². The van der Waals surface area contributed by atoms with Crippen LogP contribution in [0.25, 0.3) is 0 Å². The maximum absolute atomic E-state index is 12.6. The van der Waals surface area contributed by atoms with E-state index in [0.29, 0.717) is 12.8 Å². The molecule has 4 bridgehead atoms. The van der Waals surface area contributed by atoms with Crippen molar-refractivity contribution in [1.29, 1.82) is 0 Å². The Morgan fingerprint density at radius 3 is 2.12 bits per heavy atom. The van der Waals surface area contributed by atoms with Gasteiger partial charge in [-0.25, -0.2) is 0 Å². The summed E-state index contributed by atoms with van der Waals surface area (Å²) in [5.74, 6) is 2.14. The third-order valence-corrected chi connectivity index (χ3v) is 6.95. The van der Waals surface area contributed by atoms with Crippen molar-refractivity contribution in [1.82, 2.24) is 10.9 Å². The van der Waals surface area contributed by atoms with Crippen LogP contribution in [0, 0.1) is 23.2 Å². The summed E-state index contributed by atoms with van der Waals surface area (Å²) in [7, 11) is 0. The van der Waals surface area contributed by atoms with E-state index in [1.165, 1.54) is 38.5 Å². The summed E-state index contributed by atoms with van der Waals surface area (Å²) in [4.78, 5) is 25.1. The van der Waals surface area contributed by atoms with Gasteiger partial charge in [-0.1, -0.05) is 37.3 Å². The highest BCUT2D eigenvalue weighted by Crippen LogP contribution is 2.61. The summed E-state index contributed by atoms with van der Waals surface area (Å²) in [6.45, 7) is 1.99. The molecule has 5 rings (SSSR count). The minimum absolute atomic E-state index is 0.0248. The lowest BCUT2D eigenvalue weighted by atomic mass is 9.49. The smallest absolute Gasteiger partial charge is 0.245 e. The van der Waals surface area contributed by atoms with Crippen molar-refractivity contribution in [3.05, 3.63) is 35.9 Å². The maximum Gasteiger partial charge on any atom is 0.245 e. The van der Waals surface area contributed by atoms with Gasteiger partial charge >= 0.3 is 0 Å². The molecule has 0 spiro atoms. The molecule has 1 unspecified atom stereocenters. The lowest BCUT2D eigenvalue weighted by Crippen LogP contribution is -2.50. The van der Waals surface area contributed by atoms with Crippen molar-refractivity contribution in [2.45, 2.75) is 64.2 Å². The Bertz CT molecular complexity index is 635. The van der Waals surface area contributed by atoms with Crippen LogP contribution in [0.5, 0.6) is 0 Å². The fourth-order valence-corrected chi connectivity index (χ4v) is 6.37. The predicted octanol–water partition coefficient (Wildman–Crippen LogP) is 3.93. The standard InChI is InChI=1S/C22H30N2O2/c1-2-19(18-6-4-3-5-7-18)21(26)24-23-20(25)14-22-11-15-8-16(12-22)10-17(9-15)13-22/h3-7,15-17,19H,2,8-14H2,1H3,(H,23,25)(H,24,26). The zero-order chi connectivity index (χ0) is 18.1. The number of hydrogen-bond acceptors (Lipinski definition) is 2. The van der Waals surface area contributed by atoms with E-state index in [2.05, 4.69) is 10.9 Å². The van der Waals surface area contributed by atoms with Crippen LogP contribution >= 0.6 is 0 Å². The number of nitrogens with one attached hydrogen (secondary N) is 2. The van der Waals surface area contributed by atoms with Crippen LogP contribution in [0.1, 0.15) is 69.8 Å². The molecule has 4 nitrogen and oxygen atoms in total. The molecule has 2 N–H and O–H groups in total. The summed E-state index contributed by atoms with van der Waals surface area (Å²) in [6, 6.07) is 9.76. The Hall–Kier alpha value is -1.84. The molecule has 2 amide bonds. The van der Waals surface area contributed by atoms with E-state index >= 15 is 0 Å². The normalized spacial score (nSPS) is 32.9. The van der Waals surface area contributed by atoms with Gasteiger partial charge in [-0.2, -0.15) is 0 Å². The molecule has 4 aliphatic carbocycles. The first-order valence-corrected chi connectivity index (χ1v) is 10.2. The minimum Gasteiger partial charge on any atom is -0.273 e. The zero-order valence-electron chi connectivity index (χ0n) is 15.7. The maximum atomic E-state index is 12.6. The van der Waals surface area contributed by atoms with E-state index in [9.17, 15) is 9.59 Å². The Kier molecular flexibility index (Phi) is 4.76. The molecule has 4 heteroatoms. The van der Waals surface area contributed by atoms with Crippen LogP contribution in [0.3, 0.4) is 0 Å². The second kappa shape index (κ2) is 7.05. The molecule has 0 aromatic heterocycles. The molecular formula is C22H30N2O2. The van der Waals surface area contributed by atoms with Crippen LogP contribution < -0.4 is 10.9 Å². The molecule has 1 atom stereocenters. The Labute approximate surface area is 156 Å². The molecule has 0 radical (unpaired) electrons. The minimum atomic E-state index is -0.226. The van der Waals surface area contributed by atoms with E-state index < -0.39 is 0 Å². The van der Waals surface area contributed by atoms with Crippen molar-refractivity contribution in [3.63, 3.8) is 0 Å². The first kappa shape index (κ1) is 17.6. The number of benzene rings is 1. The summed E-state index contributed by atoms with van der Waals surface area (Å²) in [6.07, 6.45) is 9.05. The van der Waals surface area contributed by atoms with E-state index in [4.69, 9.17) is 0 Å². The largest absolute Gasteiger partial charge is 0.273 e. The van der Waals surface area contributed by atoms with Crippen molar-refractivity contribution < 1.29 is 9.59 Å². The Balaban J connectivity index is 1.32. The van der Waals surface area contributed by atoms with Crippen LogP contribution in [-0.2, 0) is 9.59 Å². The van der Waals surface area contributed by atoms with E-state index in [0.717, 1.165) is 23.3 Å². The number of carbonyl (C=O) groups is 2. The summed E-state index contributed by atoms with van der Waals surface area (Å²) in [5.41, 5.74) is 6.57. The monoisotopic (exact) mass is 354 g/mol. The van der Waals surface area contributed by atoms with Gasteiger partial charge in [0.05, 0.1) is 5.92 Å². The fourth-order valence-electron chi connectivity index (χ4n) is 6.37. The third kappa shape index (κ3) is 3.51. The molecule has 1 aromatic rings. The quantitative estimate of drug-likeness (QED) is 0.787. The SMILES string of the molecule is CCC(C(=O)NNC(=O)CC12CC3CC(CC(C3)C1)C2)c1ccccc1. The number of rotatable bonds is 5. The topological polar surface area (TPSA) is 58.2 Å². The molecule has 0 saturated heterocycles. The highest BCUT2D eigenvalue weighted by molar-refractivity contribution is 5.86. The average Bonchev–Trinajstić information content (AvgIpc) is 2.60. The Morgan fingerprint density at radius 2 is 1.58 bits per heavy atom. The van der Waals surface area contributed by atoms with Crippen LogP contribution in [-0.4, -0.2) is 11.8 Å². The fraction of sp³-hybridized carbons (Fsp3) is 0.636. The number of carbonyl (C=O) groups excluding carboxylic acids is 2. The van der Waals surface area contributed by atoms with Gasteiger partial charge in [0, 0.05) is 6.42 Å². The molecule has 4 saturated carbocycles.